The summed E-state index contributed by atoms with van der Waals surface area (Å²) in [5, 5.41) is 0. The van der Waals surface area contributed by atoms with Crippen molar-refractivity contribution in [2.45, 2.75) is 46.1 Å². The van der Waals surface area contributed by atoms with Gasteiger partial charge in [-0.1, -0.05) is 20.8 Å². The van der Waals surface area contributed by atoms with Gasteiger partial charge < -0.3 is 24.5 Å². The highest BCUT2D eigenvalue weighted by Crippen LogP contribution is 2.49. The molecule has 8 nitrogen and oxygen atoms in total. The Hall–Kier alpha value is 0.220. The Morgan fingerprint density at radius 3 is 1.79 bits per heavy atom. The van der Waals surface area contributed by atoms with Crippen LogP contribution in [0.15, 0.2) is 0 Å². The fourth-order valence-corrected chi connectivity index (χ4v) is 5.87. The Labute approximate surface area is 144 Å². The molecule has 0 aromatic carbocycles. The van der Waals surface area contributed by atoms with Crippen molar-refractivity contribution in [3.05, 3.63) is 0 Å². The van der Waals surface area contributed by atoms with Crippen LogP contribution in [0.4, 0.5) is 0 Å². The van der Waals surface area contributed by atoms with E-state index in [4.69, 9.17) is 0 Å². The Bertz CT molecular complexity index is 505. The summed E-state index contributed by atoms with van der Waals surface area (Å²) in [6.45, 7) is 6.61. The fraction of sp³-hybridized carbons (Fsp3) is 1.00. The molecule has 0 heterocycles. The van der Waals surface area contributed by atoms with Gasteiger partial charge in [-0.05, 0) is 44.2 Å². The minimum absolute atomic E-state index is 0.0534. The summed E-state index contributed by atoms with van der Waals surface area (Å²) in [6, 6.07) is 0.325. The van der Waals surface area contributed by atoms with Crippen molar-refractivity contribution in [2.24, 2.45) is 10.8 Å². The van der Waals surface area contributed by atoms with Crippen LogP contribution >= 0.6 is 15.2 Å². The van der Waals surface area contributed by atoms with Gasteiger partial charge in [-0.3, -0.25) is 14.0 Å². The Balaban J connectivity index is 3.00. The molecule has 24 heavy (non-hydrogen) atoms. The molecular formula is C14H32N2O6P2. The van der Waals surface area contributed by atoms with Gasteiger partial charge in [0.15, 0.2) is 0 Å². The molecule has 0 radical (unpaired) electrons. The summed E-state index contributed by atoms with van der Waals surface area (Å²) in [6.07, 6.45) is 1.40. The Kier molecular flexibility index (Phi) is 6.91. The number of rotatable bonds is 7. The van der Waals surface area contributed by atoms with Gasteiger partial charge >= 0.3 is 15.2 Å². The third-order valence-corrected chi connectivity index (χ3v) is 6.06. The average Bonchev–Trinajstić information content (AvgIpc) is 2.19. The van der Waals surface area contributed by atoms with Crippen molar-refractivity contribution in [3.8, 4) is 0 Å². The molecule has 10 heteroatoms. The summed E-state index contributed by atoms with van der Waals surface area (Å²) >= 11 is 0. The van der Waals surface area contributed by atoms with E-state index in [1.807, 2.05) is 21.0 Å². The van der Waals surface area contributed by atoms with Crippen molar-refractivity contribution >= 4 is 15.2 Å². The van der Waals surface area contributed by atoms with Gasteiger partial charge in [0.05, 0.1) is 0 Å². The van der Waals surface area contributed by atoms with Crippen molar-refractivity contribution in [1.29, 1.82) is 0 Å². The van der Waals surface area contributed by atoms with E-state index in [9.17, 15) is 28.7 Å². The second-order valence-corrected chi connectivity index (χ2v) is 11.8. The molecule has 0 aromatic heterocycles. The van der Waals surface area contributed by atoms with Crippen LogP contribution in [0.5, 0.6) is 0 Å². The maximum atomic E-state index is 11.4. The minimum atomic E-state index is -4.40. The first-order valence-corrected chi connectivity index (χ1v) is 11.6. The number of hydrogen-bond donors (Lipinski definition) is 4. The maximum absolute atomic E-state index is 11.4. The summed E-state index contributed by atoms with van der Waals surface area (Å²) in [4.78, 5) is 40.4. The predicted octanol–water partition coefficient (Wildman–Crippen LogP) is 1.71. The van der Waals surface area contributed by atoms with Crippen LogP contribution in [0.2, 0.25) is 0 Å². The van der Waals surface area contributed by atoms with E-state index >= 15 is 0 Å². The Morgan fingerprint density at radius 2 is 1.42 bits per heavy atom. The van der Waals surface area contributed by atoms with Gasteiger partial charge in [0, 0.05) is 12.6 Å². The first kappa shape index (κ1) is 22.3. The van der Waals surface area contributed by atoms with Crippen molar-refractivity contribution in [3.63, 3.8) is 0 Å². The normalized spacial score (nSPS) is 28.5. The fourth-order valence-electron chi connectivity index (χ4n) is 4.27. The first-order chi connectivity index (χ1) is 10.5. The molecule has 1 saturated carbocycles. The van der Waals surface area contributed by atoms with Crippen LogP contribution in [0.25, 0.3) is 0 Å². The highest BCUT2D eigenvalue weighted by atomic mass is 31.2. The second kappa shape index (κ2) is 7.45. The first-order valence-electron chi connectivity index (χ1n) is 7.98. The highest BCUT2D eigenvalue weighted by molar-refractivity contribution is 7.52. The summed E-state index contributed by atoms with van der Waals surface area (Å²) in [5.41, 5.74) is -0.223. The third-order valence-electron chi connectivity index (χ3n) is 4.53. The zero-order valence-electron chi connectivity index (χ0n) is 15.2. The quantitative estimate of drug-likeness (QED) is 0.488. The molecule has 2 atom stereocenters. The lowest BCUT2D eigenvalue weighted by Gasteiger charge is -2.50. The van der Waals surface area contributed by atoms with Crippen LogP contribution < -0.4 is 0 Å². The molecule has 0 bridgehead atoms. The maximum Gasteiger partial charge on any atom is 0.339 e. The summed E-state index contributed by atoms with van der Waals surface area (Å²) < 4.78 is 22.7. The van der Waals surface area contributed by atoms with Gasteiger partial charge in [-0.25, -0.2) is 0 Å². The van der Waals surface area contributed by atoms with Gasteiger partial charge in [0.1, 0.15) is 12.6 Å². The van der Waals surface area contributed by atoms with E-state index in [1.54, 1.807) is 0 Å². The molecule has 0 amide bonds. The molecule has 2 unspecified atom stereocenters. The van der Waals surface area contributed by atoms with Crippen molar-refractivity contribution in [2.75, 3.05) is 33.2 Å². The smallest absolute Gasteiger partial charge is 0.324 e. The second-order valence-electron chi connectivity index (χ2n) is 8.62. The van der Waals surface area contributed by atoms with E-state index in [0.29, 0.717) is 6.04 Å². The molecule has 1 aliphatic carbocycles. The van der Waals surface area contributed by atoms with E-state index < -0.39 is 27.8 Å². The monoisotopic (exact) mass is 386 g/mol. The van der Waals surface area contributed by atoms with Crippen LogP contribution in [-0.4, -0.2) is 68.6 Å². The van der Waals surface area contributed by atoms with E-state index in [1.165, 1.54) is 4.90 Å². The molecule has 0 aliphatic heterocycles. The SMILES string of the molecule is CN(C)C1CC(C)(C)CC(C)(CN(CP(=O)(O)O)CP(=O)(O)O)C1. The predicted molar refractivity (Wildman–Crippen MR) is 93.7 cm³/mol. The zero-order valence-corrected chi connectivity index (χ0v) is 17.0. The van der Waals surface area contributed by atoms with Crippen LogP contribution in [0.3, 0.4) is 0 Å². The molecular weight excluding hydrogens is 354 g/mol. The molecule has 1 fully saturated rings. The lowest BCUT2D eigenvalue weighted by atomic mass is 9.62. The molecule has 144 valence electrons. The zero-order chi connectivity index (χ0) is 19.0. The van der Waals surface area contributed by atoms with Crippen LogP contribution in [-0.2, 0) is 9.13 Å². The molecule has 1 rings (SSSR count). The van der Waals surface area contributed by atoms with Crippen molar-refractivity contribution in [1.82, 2.24) is 9.80 Å². The van der Waals surface area contributed by atoms with Gasteiger partial charge in [0.2, 0.25) is 0 Å². The Morgan fingerprint density at radius 1 is 0.958 bits per heavy atom. The lowest BCUT2D eigenvalue weighted by molar-refractivity contribution is 0.0148. The molecule has 0 spiro atoms. The van der Waals surface area contributed by atoms with Gasteiger partial charge in [0.25, 0.3) is 0 Å². The van der Waals surface area contributed by atoms with E-state index in [-0.39, 0.29) is 17.4 Å². The van der Waals surface area contributed by atoms with Crippen LogP contribution in [0, 0.1) is 10.8 Å². The highest BCUT2D eigenvalue weighted by Gasteiger charge is 2.43. The van der Waals surface area contributed by atoms with Crippen LogP contribution in [0.1, 0.15) is 40.0 Å². The van der Waals surface area contributed by atoms with Gasteiger partial charge in [-0.2, -0.15) is 0 Å². The molecule has 4 N–H and O–H groups in total. The van der Waals surface area contributed by atoms with E-state index in [0.717, 1.165) is 19.3 Å². The third kappa shape index (κ3) is 8.07. The topological polar surface area (TPSA) is 122 Å². The largest absolute Gasteiger partial charge is 0.339 e. The lowest BCUT2D eigenvalue weighted by Crippen LogP contribution is -2.49. The molecule has 0 saturated heterocycles. The average molecular weight is 386 g/mol. The molecule has 1 aliphatic rings. The standard InChI is InChI=1S/C14H32N2O6P2/c1-13(2)6-12(15(4)5)7-14(3,8-13)9-16(10-23(17,18)19)11-24(20,21)22/h12H,6-11H2,1-5H3,(H2,17,18,19)(H2,20,21,22). The van der Waals surface area contributed by atoms with E-state index in [2.05, 4.69) is 18.7 Å². The van der Waals surface area contributed by atoms with Gasteiger partial charge in [-0.15, -0.1) is 0 Å². The number of nitrogens with zero attached hydrogens (tertiary/aromatic N) is 2. The summed E-state index contributed by atoms with van der Waals surface area (Å²) in [5.74, 6) is 0. The minimum Gasteiger partial charge on any atom is -0.324 e. The number of hydrogen-bond acceptors (Lipinski definition) is 4. The van der Waals surface area contributed by atoms with Crippen molar-refractivity contribution < 1.29 is 28.7 Å². The summed E-state index contributed by atoms with van der Waals surface area (Å²) in [7, 11) is -4.78. The molecule has 0 aromatic rings.